The van der Waals surface area contributed by atoms with Crippen molar-refractivity contribution in [3.8, 4) is 28.7 Å². The lowest BCUT2D eigenvalue weighted by Gasteiger charge is -2.29. The van der Waals surface area contributed by atoms with Crippen LogP contribution in [0.1, 0.15) is 27.0 Å². The Hall–Kier alpha value is -3.97. The fourth-order valence-corrected chi connectivity index (χ4v) is 4.32. The van der Waals surface area contributed by atoms with Gasteiger partial charge in [0.2, 0.25) is 5.78 Å². The number of methoxy groups -OCH3 is 3. The van der Waals surface area contributed by atoms with E-state index in [0.29, 0.717) is 41.8 Å². The summed E-state index contributed by atoms with van der Waals surface area (Å²) in [7, 11) is 4.88. The molecule has 0 aliphatic carbocycles. The number of hydrogen-bond donors (Lipinski definition) is 0. The average Bonchev–Trinajstić information content (AvgIpc) is 3.22. The molecule has 0 amide bonds. The van der Waals surface area contributed by atoms with Crippen LogP contribution < -0.4 is 23.7 Å². The summed E-state index contributed by atoms with van der Waals surface area (Å²) in [6, 6.07) is 17.1. The van der Waals surface area contributed by atoms with E-state index in [2.05, 4.69) is 4.90 Å². The molecule has 7 heteroatoms. The zero-order valence-corrected chi connectivity index (χ0v) is 20.0. The number of carbonyl (C=O) groups is 1. The first-order chi connectivity index (χ1) is 17.1. The molecule has 0 N–H and O–H groups in total. The highest BCUT2D eigenvalue weighted by Gasteiger charge is 2.33. The molecule has 0 fully saturated rings. The van der Waals surface area contributed by atoms with Gasteiger partial charge in [-0.15, -0.1) is 0 Å². The molecule has 7 nitrogen and oxygen atoms in total. The summed E-state index contributed by atoms with van der Waals surface area (Å²) in [5.74, 6) is 3.71. The molecule has 0 unspecified atom stereocenters. The van der Waals surface area contributed by atoms with Crippen LogP contribution in [0.3, 0.4) is 0 Å². The molecule has 0 saturated carbocycles. The Morgan fingerprint density at radius 3 is 2.49 bits per heavy atom. The summed E-state index contributed by atoms with van der Waals surface area (Å²) in [5.41, 5.74) is 3.47. The molecule has 0 radical (unpaired) electrons. The van der Waals surface area contributed by atoms with E-state index in [-0.39, 0.29) is 5.78 Å². The van der Waals surface area contributed by atoms with Gasteiger partial charge in [0.15, 0.2) is 17.3 Å². The number of rotatable bonds is 7. The molecule has 3 aromatic carbocycles. The molecule has 180 valence electrons. The number of carbonyl (C=O) groups excluding carboxylic acids is 1. The number of benzene rings is 3. The topological polar surface area (TPSA) is 66.5 Å². The van der Waals surface area contributed by atoms with Gasteiger partial charge in [0.1, 0.15) is 24.0 Å². The Morgan fingerprint density at radius 2 is 1.74 bits per heavy atom. The molecule has 0 spiro atoms. The number of ketones is 1. The molecule has 2 aliphatic rings. The maximum atomic E-state index is 13.0. The third-order valence-corrected chi connectivity index (χ3v) is 6.26. The van der Waals surface area contributed by atoms with E-state index in [4.69, 9.17) is 23.7 Å². The van der Waals surface area contributed by atoms with Gasteiger partial charge in [-0.1, -0.05) is 18.2 Å². The van der Waals surface area contributed by atoms with Crippen LogP contribution in [0.2, 0.25) is 0 Å². The summed E-state index contributed by atoms with van der Waals surface area (Å²) in [6.07, 6.45) is 2.57. The Balaban J connectivity index is 1.32. The number of fused-ring (bicyclic) bond motifs is 3. The smallest absolute Gasteiger partial charge is 0.231 e. The molecular weight excluding hydrogens is 446 g/mol. The third-order valence-electron chi connectivity index (χ3n) is 6.26. The Labute approximate surface area is 204 Å². The lowest BCUT2D eigenvalue weighted by molar-refractivity contribution is 0.0949. The van der Waals surface area contributed by atoms with Crippen molar-refractivity contribution in [2.45, 2.75) is 13.0 Å². The summed E-state index contributed by atoms with van der Waals surface area (Å²) >= 11 is 0. The van der Waals surface area contributed by atoms with E-state index < -0.39 is 0 Å². The molecular formula is C28H27NO6. The van der Waals surface area contributed by atoms with Crippen LogP contribution >= 0.6 is 0 Å². The van der Waals surface area contributed by atoms with E-state index in [1.807, 2.05) is 48.5 Å². The lowest BCUT2D eigenvalue weighted by atomic mass is 10.0. The van der Waals surface area contributed by atoms with Crippen molar-refractivity contribution >= 4 is 11.9 Å². The second-order valence-electron chi connectivity index (χ2n) is 8.40. The van der Waals surface area contributed by atoms with Gasteiger partial charge in [-0.25, -0.2) is 0 Å². The molecule has 0 aromatic heterocycles. The monoisotopic (exact) mass is 473 g/mol. The second kappa shape index (κ2) is 9.72. The Bertz CT molecular complexity index is 1280. The maximum Gasteiger partial charge on any atom is 0.231 e. The number of allylic oxidation sites excluding steroid dienone is 1. The van der Waals surface area contributed by atoms with Crippen LogP contribution in [0, 0.1) is 0 Å². The number of nitrogens with zero attached hydrogens (tertiary/aromatic N) is 1. The highest BCUT2D eigenvalue weighted by Crippen LogP contribution is 2.42. The molecule has 0 saturated heterocycles. The van der Waals surface area contributed by atoms with Crippen LogP contribution in [0.15, 0.2) is 60.4 Å². The highest BCUT2D eigenvalue weighted by atomic mass is 16.5. The van der Waals surface area contributed by atoms with Crippen molar-refractivity contribution in [3.05, 3.63) is 82.6 Å². The van der Waals surface area contributed by atoms with Gasteiger partial charge in [0, 0.05) is 13.1 Å². The maximum absolute atomic E-state index is 13.0. The van der Waals surface area contributed by atoms with E-state index in [9.17, 15) is 4.79 Å². The van der Waals surface area contributed by atoms with Crippen LogP contribution in [-0.4, -0.2) is 45.3 Å². The van der Waals surface area contributed by atoms with Crippen LogP contribution in [0.5, 0.6) is 28.7 Å². The fourth-order valence-electron chi connectivity index (χ4n) is 4.32. The van der Waals surface area contributed by atoms with E-state index in [1.54, 1.807) is 33.5 Å². The van der Waals surface area contributed by atoms with E-state index >= 15 is 0 Å². The first kappa shape index (κ1) is 22.8. The van der Waals surface area contributed by atoms with Gasteiger partial charge in [-0.2, -0.15) is 0 Å². The van der Waals surface area contributed by atoms with Crippen LogP contribution in [0.4, 0.5) is 0 Å². The molecule has 2 heterocycles. The summed E-state index contributed by atoms with van der Waals surface area (Å²) < 4.78 is 28.0. The first-order valence-corrected chi connectivity index (χ1v) is 11.4. The Morgan fingerprint density at radius 1 is 0.943 bits per heavy atom. The van der Waals surface area contributed by atoms with Crippen molar-refractivity contribution in [1.29, 1.82) is 0 Å². The summed E-state index contributed by atoms with van der Waals surface area (Å²) in [5, 5.41) is 0. The van der Waals surface area contributed by atoms with Crippen LogP contribution in [-0.2, 0) is 13.0 Å². The van der Waals surface area contributed by atoms with Gasteiger partial charge >= 0.3 is 0 Å². The van der Waals surface area contributed by atoms with E-state index in [0.717, 1.165) is 41.2 Å². The SMILES string of the molecule is COc1ccc(/C=C2\Oc3c(ccc4c3CN(CCc3ccc(OC)c(OC)c3)CO4)C2=O)cc1. The van der Waals surface area contributed by atoms with Crippen molar-refractivity contribution in [3.63, 3.8) is 0 Å². The van der Waals surface area contributed by atoms with Crippen molar-refractivity contribution in [2.24, 2.45) is 0 Å². The van der Waals surface area contributed by atoms with Gasteiger partial charge < -0.3 is 23.7 Å². The minimum Gasteiger partial charge on any atom is -0.497 e. The number of hydrogen-bond acceptors (Lipinski definition) is 7. The van der Waals surface area contributed by atoms with E-state index in [1.165, 1.54) is 0 Å². The quantitative estimate of drug-likeness (QED) is 0.460. The highest BCUT2D eigenvalue weighted by molar-refractivity contribution is 6.15. The number of ether oxygens (including phenoxy) is 5. The zero-order chi connectivity index (χ0) is 24.4. The summed E-state index contributed by atoms with van der Waals surface area (Å²) in [6.45, 7) is 1.89. The van der Waals surface area contributed by atoms with Gasteiger partial charge in [-0.3, -0.25) is 9.69 Å². The minimum absolute atomic E-state index is 0.124. The predicted molar refractivity (Wildman–Crippen MR) is 132 cm³/mol. The zero-order valence-electron chi connectivity index (χ0n) is 20.0. The lowest BCUT2D eigenvalue weighted by Crippen LogP contribution is -2.33. The molecule has 0 atom stereocenters. The van der Waals surface area contributed by atoms with Gasteiger partial charge in [0.05, 0.1) is 32.5 Å². The number of Topliss-reactive ketones (excluding diaryl/α,β-unsaturated/α-hetero) is 1. The molecule has 5 rings (SSSR count). The molecule has 2 aliphatic heterocycles. The largest absolute Gasteiger partial charge is 0.497 e. The normalized spacial score (nSPS) is 15.7. The first-order valence-electron chi connectivity index (χ1n) is 11.4. The molecule has 35 heavy (non-hydrogen) atoms. The van der Waals surface area contributed by atoms with Gasteiger partial charge in [0.25, 0.3) is 0 Å². The minimum atomic E-state index is -0.124. The standard InChI is InChI=1S/C28H27NO6/c1-31-20-7-4-18(5-8-20)15-26-27(30)21-9-11-23-22(28(21)35-26)16-29(17-34-23)13-12-19-6-10-24(32-2)25(14-19)33-3/h4-11,14-15H,12-13,16-17H2,1-3H3/b26-15-. The van der Waals surface area contributed by atoms with Gasteiger partial charge in [-0.05, 0) is 60.0 Å². The van der Waals surface area contributed by atoms with Crippen molar-refractivity contribution in [2.75, 3.05) is 34.6 Å². The third kappa shape index (κ3) is 4.55. The average molecular weight is 474 g/mol. The summed E-state index contributed by atoms with van der Waals surface area (Å²) in [4.78, 5) is 15.2. The fraction of sp³-hybridized carbons (Fsp3) is 0.250. The second-order valence-corrected chi connectivity index (χ2v) is 8.40. The van der Waals surface area contributed by atoms with Crippen LogP contribution in [0.25, 0.3) is 6.08 Å². The van der Waals surface area contributed by atoms with Crippen molar-refractivity contribution < 1.29 is 28.5 Å². The molecule has 0 bridgehead atoms. The Kier molecular flexibility index (Phi) is 6.33. The molecule has 3 aromatic rings. The predicted octanol–water partition coefficient (Wildman–Crippen LogP) is 4.72. The van der Waals surface area contributed by atoms with Crippen molar-refractivity contribution in [1.82, 2.24) is 4.90 Å².